The summed E-state index contributed by atoms with van der Waals surface area (Å²) in [4.78, 5) is 13.1. The summed E-state index contributed by atoms with van der Waals surface area (Å²) in [5, 5.41) is 9.17. The van der Waals surface area contributed by atoms with Crippen molar-refractivity contribution in [3.05, 3.63) is 88.7 Å². The molecule has 0 spiro atoms. The van der Waals surface area contributed by atoms with Crippen molar-refractivity contribution in [3.8, 4) is 5.75 Å². The van der Waals surface area contributed by atoms with Gasteiger partial charge in [-0.05, 0) is 60.0 Å². The molecule has 3 rings (SSSR count). The zero-order chi connectivity index (χ0) is 19.9. The first kappa shape index (κ1) is 20.2. The second kappa shape index (κ2) is 9.59. The number of hydrogen-bond acceptors (Lipinski definition) is 4. The molecule has 3 aromatic rings. The number of rotatable bonds is 7. The molecule has 0 aliphatic heterocycles. The predicted molar refractivity (Wildman–Crippen MR) is 111 cm³/mol. The molecule has 1 amide bonds. The molecule has 0 atom stereocenters. The fourth-order valence-corrected chi connectivity index (χ4v) is 3.25. The van der Waals surface area contributed by atoms with Gasteiger partial charge in [0.1, 0.15) is 18.2 Å². The van der Waals surface area contributed by atoms with Crippen LogP contribution in [0.2, 0.25) is 5.02 Å². The molecule has 144 valence electrons. The minimum Gasteiger partial charge on any atom is -0.489 e. The summed E-state index contributed by atoms with van der Waals surface area (Å²) in [6, 6.07) is 18.5. The summed E-state index contributed by atoms with van der Waals surface area (Å²) in [5.41, 5.74) is 2.26. The van der Waals surface area contributed by atoms with E-state index in [1.54, 1.807) is 30.3 Å². The molecule has 7 heteroatoms. The molecule has 0 heterocycles. The zero-order valence-corrected chi connectivity index (χ0v) is 16.4. The monoisotopic (exact) mass is 416 g/mol. The summed E-state index contributed by atoms with van der Waals surface area (Å²) in [7, 11) is 0. The molecular weight excluding hydrogens is 399 g/mol. The highest BCUT2D eigenvalue weighted by molar-refractivity contribution is 7.97. The van der Waals surface area contributed by atoms with Gasteiger partial charge in [0.2, 0.25) is 5.91 Å². The van der Waals surface area contributed by atoms with Crippen LogP contribution >= 0.6 is 23.5 Å². The predicted octanol–water partition coefficient (Wildman–Crippen LogP) is 5.21. The van der Waals surface area contributed by atoms with Crippen LogP contribution in [-0.4, -0.2) is 5.91 Å². The first-order valence-electron chi connectivity index (χ1n) is 8.46. The SMILES string of the molecule is NSc1cc(NC(=O)Cc2ccccc2Cl)ccc1COc1ccc(F)cc1. The van der Waals surface area contributed by atoms with Crippen molar-refractivity contribution in [1.29, 1.82) is 0 Å². The third-order valence-electron chi connectivity index (χ3n) is 3.99. The Morgan fingerprint density at radius 1 is 1.07 bits per heavy atom. The largest absolute Gasteiger partial charge is 0.489 e. The Morgan fingerprint density at radius 3 is 2.54 bits per heavy atom. The molecule has 0 aliphatic carbocycles. The van der Waals surface area contributed by atoms with Crippen LogP contribution < -0.4 is 15.2 Å². The molecule has 0 saturated heterocycles. The molecule has 0 unspecified atom stereocenters. The van der Waals surface area contributed by atoms with E-state index in [1.165, 1.54) is 12.1 Å². The number of amides is 1. The lowest BCUT2D eigenvalue weighted by Gasteiger charge is -2.12. The van der Waals surface area contributed by atoms with E-state index >= 15 is 0 Å². The zero-order valence-electron chi connectivity index (χ0n) is 14.8. The van der Waals surface area contributed by atoms with Crippen LogP contribution in [0.5, 0.6) is 5.75 Å². The van der Waals surface area contributed by atoms with Gasteiger partial charge in [-0.1, -0.05) is 35.9 Å². The molecule has 28 heavy (non-hydrogen) atoms. The Hall–Kier alpha value is -2.54. The maximum Gasteiger partial charge on any atom is 0.228 e. The van der Waals surface area contributed by atoms with Crippen molar-refractivity contribution in [2.45, 2.75) is 17.9 Å². The Kier molecular flexibility index (Phi) is 6.92. The number of nitrogens with two attached hydrogens (primary N) is 1. The average Bonchev–Trinajstić information content (AvgIpc) is 2.70. The van der Waals surface area contributed by atoms with Gasteiger partial charge < -0.3 is 10.1 Å². The van der Waals surface area contributed by atoms with Crippen molar-refractivity contribution in [2.75, 3.05) is 5.32 Å². The van der Waals surface area contributed by atoms with Gasteiger partial charge in [0.25, 0.3) is 0 Å². The molecule has 3 N–H and O–H groups in total. The van der Waals surface area contributed by atoms with Crippen LogP contribution in [0.1, 0.15) is 11.1 Å². The van der Waals surface area contributed by atoms with Gasteiger partial charge in [0.15, 0.2) is 0 Å². The van der Waals surface area contributed by atoms with Crippen LogP contribution in [0.3, 0.4) is 0 Å². The summed E-state index contributed by atoms with van der Waals surface area (Å²) in [5.74, 6) is 0.0744. The van der Waals surface area contributed by atoms with Gasteiger partial charge in [-0.2, -0.15) is 0 Å². The quantitative estimate of drug-likeness (QED) is 0.519. The number of carbonyl (C=O) groups is 1. The Morgan fingerprint density at radius 2 is 1.82 bits per heavy atom. The van der Waals surface area contributed by atoms with E-state index in [2.05, 4.69) is 5.32 Å². The number of anilines is 1. The lowest BCUT2D eigenvalue weighted by atomic mass is 10.1. The molecular formula is C21H18ClFN2O2S. The van der Waals surface area contributed by atoms with Crippen molar-refractivity contribution in [3.63, 3.8) is 0 Å². The van der Waals surface area contributed by atoms with E-state index in [0.717, 1.165) is 28.0 Å². The second-order valence-corrected chi connectivity index (χ2v) is 7.08. The van der Waals surface area contributed by atoms with Gasteiger partial charge in [0.05, 0.1) is 6.42 Å². The van der Waals surface area contributed by atoms with Gasteiger partial charge in [0, 0.05) is 21.2 Å². The minimum absolute atomic E-state index is 0.170. The first-order valence-corrected chi connectivity index (χ1v) is 9.72. The maximum absolute atomic E-state index is 13.0. The topological polar surface area (TPSA) is 64.3 Å². The third-order valence-corrected chi connectivity index (χ3v) is 5.00. The number of benzene rings is 3. The van der Waals surface area contributed by atoms with Crippen molar-refractivity contribution < 1.29 is 13.9 Å². The fourth-order valence-electron chi connectivity index (χ4n) is 2.57. The number of ether oxygens (including phenoxy) is 1. The average molecular weight is 417 g/mol. The molecule has 0 aromatic heterocycles. The summed E-state index contributed by atoms with van der Waals surface area (Å²) >= 11 is 7.17. The van der Waals surface area contributed by atoms with E-state index in [9.17, 15) is 9.18 Å². The van der Waals surface area contributed by atoms with Crippen molar-refractivity contribution >= 4 is 35.1 Å². The molecule has 0 radical (unpaired) electrons. The summed E-state index contributed by atoms with van der Waals surface area (Å²) in [6.07, 6.45) is 0.181. The van der Waals surface area contributed by atoms with E-state index in [-0.39, 0.29) is 24.8 Å². The van der Waals surface area contributed by atoms with Gasteiger partial charge in [-0.3, -0.25) is 9.93 Å². The molecule has 0 saturated carbocycles. The smallest absolute Gasteiger partial charge is 0.228 e. The fraction of sp³-hybridized carbons (Fsp3) is 0.0952. The molecule has 0 bridgehead atoms. The number of hydrogen-bond donors (Lipinski definition) is 2. The van der Waals surface area contributed by atoms with Crippen LogP contribution in [-0.2, 0) is 17.8 Å². The molecule has 3 aromatic carbocycles. The summed E-state index contributed by atoms with van der Waals surface area (Å²) in [6.45, 7) is 0.277. The van der Waals surface area contributed by atoms with E-state index in [4.69, 9.17) is 21.5 Å². The third kappa shape index (κ3) is 5.48. The lowest BCUT2D eigenvalue weighted by Crippen LogP contribution is -2.15. The molecule has 4 nitrogen and oxygen atoms in total. The van der Waals surface area contributed by atoms with Gasteiger partial charge in [-0.15, -0.1) is 0 Å². The lowest BCUT2D eigenvalue weighted by molar-refractivity contribution is -0.115. The van der Waals surface area contributed by atoms with E-state index in [1.807, 2.05) is 24.3 Å². The minimum atomic E-state index is -0.317. The maximum atomic E-state index is 13.0. The van der Waals surface area contributed by atoms with Gasteiger partial charge >= 0.3 is 0 Å². The Balaban J connectivity index is 1.64. The van der Waals surface area contributed by atoms with E-state index < -0.39 is 0 Å². The standard InChI is InChI=1S/C21H18ClFN2O2S/c22-19-4-2-1-3-14(19)11-21(26)25-17-8-5-15(20(12-17)28-24)13-27-18-9-6-16(23)7-10-18/h1-10,12H,11,13,24H2,(H,25,26). The first-order chi connectivity index (χ1) is 13.5. The van der Waals surface area contributed by atoms with E-state index in [0.29, 0.717) is 16.5 Å². The van der Waals surface area contributed by atoms with Crippen LogP contribution in [0, 0.1) is 5.82 Å². The normalized spacial score (nSPS) is 10.5. The van der Waals surface area contributed by atoms with Crippen LogP contribution in [0.4, 0.5) is 10.1 Å². The Labute approximate surface area is 172 Å². The number of halogens is 2. The number of carbonyl (C=O) groups excluding carboxylic acids is 1. The van der Waals surface area contributed by atoms with Gasteiger partial charge in [-0.25, -0.2) is 4.39 Å². The summed E-state index contributed by atoms with van der Waals surface area (Å²) < 4.78 is 18.6. The van der Waals surface area contributed by atoms with Crippen LogP contribution in [0.15, 0.2) is 71.6 Å². The molecule has 0 fully saturated rings. The highest BCUT2D eigenvalue weighted by Gasteiger charge is 2.10. The Bertz CT molecular complexity index is 967. The van der Waals surface area contributed by atoms with Crippen molar-refractivity contribution in [1.82, 2.24) is 0 Å². The highest BCUT2D eigenvalue weighted by Crippen LogP contribution is 2.25. The highest BCUT2D eigenvalue weighted by atomic mass is 35.5. The second-order valence-electron chi connectivity index (χ2n) is 6.00. The van der Waals surface area contributed by atoms with Crippen LogP contribution in [0.25, 0.3) is 0 Å². The molecule has 0 aliphatic rings. The number of nitrogens with one attached hydrogen (secondary N) is 1. The van der Waals surface area contributed by atoms with Crippen molar-refractivity contribution in [2.24, 2.45) is 5.14 Å².